The van der Waals surface area contributed by atoms with Gasteiger partial charge in [0.1, 0.15) is 11.9 Å². The lowest BCUT2D eigenvalue weighted by atomic mass is 9.91. The Hall–Kier alpha value is -2.62. The number of carbonyl (C=O) groups is 2. The fourth-order valence-corrected chi connectivity index (χ4v) is 2.70. The molecule has 0 radical (unpaired) electrons. The average Bonchev–Trinajstić information content (AvgIpc) is 3.03. The Morgan fingerprint density at radius 1 is 1.23 bits per heavy atom. The van der Waals surface area contributed by atoms with E-state index in [-0.39, 0.29) is 24.1 Å². The zero-order chi connectivity index (χ0) is 15.5. The van der Waals surface area contributed by atoms with E-state index < -0.39 is 0 Å². The Bertz CT molecular complexity index is 695. The summed E-state index contributed by atoms with van der Waals surface area (Å²) in [6.07, 6.45) is 5.57. The van der Waals surface area contributed by atoms with Crippen molar-refractivity contribution in [1.29, 1.82) is 0 Å². The summed E-state index contributed by atoms with van der Waals surface area (Å²) in [5, 5.41) is 0. The molecule has 0 N–H and O–H groups in total. The van der Waals surface area contributed by atoms with Crippen LogP contribution in [0.4, 0.5) is 0 Å². The van der Waals surface area contributed by atoms with E-state index in [4.69, 9.17) is 9.47 Å². The number of rotatable bonds is 5. The Morgan fingerprint density at radius 3 is 2.73 bits per heavy atom. The van der Waals surface area contributed by atoms with Gasteiger partial charge in [-0.05, 0) is 6.08 Å². The third kappa shape index (κ3) is 2.60. The molecular weight excluding hydrogens is 280 g/mol. The van der Waals surface area contributed by atoms with Crippen LogP contribution < -0.4 is 0 Å². The van der Waals surface area contributed by atoms with Gasteiger partial charge < -0.3 is 9.47 Å². The van der Waals surface area contributed by atoms with Gasteiger partial charge >= 0.3 is 0 Å². The number of allylic oxidation sites excluding steroid dienone is 1. The van der Waals surface area contributed by atoms with Crippen LogP contribution in [0.25, 0.3) is 0 Å². The molecular formula is C18H16O4. The van der Waals surface area contributed by atoms with Crippen molar-refractivity contribution in [2.24, 2.45) is 0 Å². The molecule has 1 atom stereocenters. The average molecular weight is 296 g/mol. The van der Waals surface area contributed by atoms with Crippen molar-refractivity contribution in [3.8, 4) is 0 Å². The Labute approximate surface area is 128 Å². The first-order valence-electron chi connectivity index (χ1n) is 7.13. The van der Waals surface area contributed by atoms with Crippen LogP contribution in [0.1, 0.15) is 23.2 Å². The van der Waals surface area contributed by atoms with E-state index >= 15 is 0 Å². The molecule has 2 aliphatic rings. The number of Topliss-reactive ketones (excluding diaryl/α,β-unsaturated/α-hetero) is 2. The van der Waals surface area contributed by atoms with Gasteiger partial charge in [0.25, 0.3) is 0 Å². The normalized spacial score (nSPS) is 19.3. The van der Waals surface area contributed by atoms with Crippen LogP contribution in [0.3, 0.4) is 0 Å². The van der Waals surface area contributed by atoms with Crippen molar-refractivity contribution in [3.63, 3.8) is 0 Å². The van der Waals surface area contributed by atoms with Crippen molar-refractivity contribution in [1.82, 2.24) is 0 Å². The Morgan fingerprint density at radius 2 is 2.00 bits per heavy atom. The molecule has 3 rings (SSSR count). The molecule has 0 fully saturated rings. The summed E-state index contributed by atoms with van der Waals surface area (Å²) in [6, 6.07) is 8.83. The van der Waals surface area contributed by atoms with Gasteiger partial charge in [-0.15, -0.1) is 0 Å². The van der Waals surface area contributed by atoms with Crippen molar-refractivity contribution in [2.75, 3.05) is 7.11 Å². The van der Waals surface area contributed by atoms with Gasteiger partial charge in [-0.2, -0.15) is 0 Å². The first-order valence-corrected chi connectivity index (χ1v) is 7.13. The topological polar surface area (TPSA) is 52.6 Å². The van der Waals surface area contributed by atoms with E-state index in [1.165, 1.54) is 7.11 Å². The molecule has 4 nitrogen and oxygen atoms in total. The molecule has 22 heavy (non-hydrogen) atoms. The van der Waals surface area contributed by atoms with Gasteiger partial charge in [0.05, 0.1) is 25.4 Å². The molecule has 1 aliphatic carbocycles. The molecule has 1 unspecified atom stereocenters. The molecule has 0 amide bonds. The number of hydrogen-bond acceptors (Lipinski definition) is 4. The van der Waals surface area contributed by atoms with E-state index in [0.29, 0.717) is 23.3 Å². The predicted octanol–water partition coefficient (Wildman–Crippen LogP) is 2.97. The molecule has 1 aliphatic heterocycles. The molecule has 0 saturated heterocycles. The van der Waals surface area contributed by atoms with Crippen LogP contribution in [0.2, 0.25) is 0 Å². The van der Waals surface area contributed by atoms with Gasteiger partial charge in [0, 0.05) is 17.6 Å². The second-order valence-corrected chi connectivity index (χ2v) is 5.16. The third-order valence-corrected chi connectivity index (χ3v) is 3.80. The van der Waals surface area contributed by atoms with Gasteiger partial charge in [-0.3, -0.25) is 9.59 Å². The maximum absolute atomic E-state index is 12.5. The highest BCUT2D eigenvalue weighted by atomic mass is 16.5. The smallest absolute Gasteiger partial charge is 0.174 e. The van der Waals surface area contributed by atoms with Crippen molar-refractivity contribution >= 4 is 11.6 Å². The summed E-state index contributed by atoms with van der Waals surface area (Å²) in [5.74, 6) is 0.0973. The van der Waals surface area contributed by atoms with E-state index in [1.54, 1.807) is 36.6 Å². The molecule has 0 aromatic heterocycles. The molecule has 0 spiro atoms. The molecule has 1 heterocycles. The standard InChI is InChI=1S/C18H16O4/c1-21-18-13(7-8-17-14(18)9-10-22-17)16(20)11-15(19)12-5-3-2-4-6-12/h2-7,9-10,17H,8,11H2,1H3. The minimum atomic E-state index is -0.225. The quantitative estimate of drug-likeness (QED) is 0.619. The minimum Gasteiger partial charge on any atom is -0.496 e. The number of ether oxygens (including phenoxy) is 2. The molecule has 0 saturated carbocycles. The van der Waals surface area contributed by atoms with Gasteiger partial charge in [0.2, 0.25) is 0 Å². The van der Waals surface area contributed by atoms with Crippen LogP contribution >= 0.6 is 0 Å². The largest absolute Gasteiger partial charge is 0.496 e. The number of benzene rings is 1. The van der Waals surface area contributed by atoms with Gasteiger partial charge in [-0.1, -0.05) is 36.4 Å². The molecule has 1 aromatic rings. The van der Waals surface area contributed by atoms with E-state index in [0.717, 1.165) is 5.57 Å². The lowest BCUT2D eigenvalue weighted by molar-refractivity contribution is -0.114. The molecule has 1 aromatic carbocycles. The summed E-state index contributed by atoms with van der Waals surface area (Å²) in [6.45, 7) is 0. The summed E-state index contributed by atoms with van der Waals surface area (Å²) in [4.78, 5) is 24.6. The number of carbonyl (C=O) groups excluding carboxylic acids is 2. The number of hydrogen-bond donors (Lipinski definition) is 0. The summed E-state index contributed by atoms with van der Waals surface area (Å²) < 4.78 is 10.8. The lowest BCUT2D eigenvalue weighted by Gasteiger charge is -2.21. The number of fused-ring (bicyclic) bond motifs is 1. The zero-order valence-electron chi connectivity index (χ0n) is 12.2. The maximum Gasteiger partial charge on any atom is 0.174 e. The SMILES string of the molecule is COC1=C2C=COC2CC=C1C(=O)CC(=O)c1ccccc1. The summed E-state index contributed by atoms with van der Waals surface area (Å²) >= 11 is 0. The van der Waals surface area contributed by atoms with E-state index in [2.05, 4.69) is 0 Å². The molecule has 4 heteroatoms. The van der Waals surface area contributed by atoms with Crippen LogP contribution in [0, 0.1) is 0 Å². The Balaban J connectivity index is 1.79. The van der Waals surface area contributed by atoms with Crippen LogP contribution in [-0.4, -0.2) is 24.8 Å². The second kappa shape index (κ2) is 6.02. The number of ketones is 2. The first-order chi connectivity index (χ1) is 10.7. The first kappa shape index (κ1) is 14.3. The zero-order valence-corrected chi connectivity index (χ0v) is 12.2. The molecule has 112 valence electrons. The third-order valence-electron chi connectivity index (χ3n) is 3.80. The van der Waals surface area contributed by atoms with Crippen LogP contribution in [0.15, 0.2) is 65.7 Å². The monoisotopic (exact) mass is 296 g/mol. The maximum atomic E-state index is 12.5. The second-order valence-electron chi connectivity index (χ2n) is 5.16. The predicted molar refractivity (Wildman–Crippen MR) is 81.1 cm³/mol. The van der Waals surface area contributed by atoms with Crippen LogP contribution in [-0.2, 0) is 14.3 Å². The van der Waals surface area contributed by atoms with Crippen molar-refractivity contribution < 1.29 is 19.1 Å². The van der Waals surface area contributed by atoms with E-state index in [1.807, 2.05) is 12.1 Å². The molecule has 0 bridgehead atoms. The van der Waals surface area contributed by atoms with Gasteiger partial charge in [-0.25, -0.2) is 0 Å². The number of methoxy groups -OCH3 is 1. The Kier molecular flexibility index (Phi) is 3.92. The van der Waals surface area contributed by atoms with Crippen LogP contribution in [0.5, 0.6) is 0 Å². The van der Waals surface area contributed by atoms with Crippen molar-refractivity contribution in [2.45, 2.75) is 18.9 Å². The fourth-order valence-electron chi connectivity index (χ4n) is 2.70. The van der Waals surface area contributed by atoms with E-state index in [9.17, 15) is 9.59 Å². The highest BCUT2D eigenvalue weighted by Gasteiger charge is 2.31. The van der Waals surface area contributed by atoms with Gasteiger partial charge in [0.15, 0.2) is 11.6 Å². The summed E-state index contributed by atoms with van der Waals surface area (Å²) in [7, 11) is 1.52. The minimum absolute atomic E-state index is 0.0867. The fraction of sp³-hybridized carbons (Fsp3) is 0.222. The lowest BCUT2D eigenvalue weighted by Crippen LogP contribution is -2.20. The van der Waals surface area contributed by atoms with Crippen molar-refractivity contribution in [3.05, 3.63) is 71.2 Å². The highest BCUT2D eigenvalue weighted by Crippen LogP contribution is 2.33. The summed E-state index contributed by atoms with van der Waals surface area (Å²) in [5.41, 5.74) is 1.87. The highest BCUT2D eigenvalue weighted by molar-refractivity contribution is 6.14.